The SMILES string of the molecule is CCS[C@]1(SCCF)CCC2C3CCC4=CC(=O)C=C[C@]4(C)[C@@]3(F)[C@@H](O)C[C@@]21C. The highest BCUT2D eigenvalue weighted by atomic mass is 32.2. The Morgan fingerprint density at radius 1 is 1.24 bits per heavy atom. The average Bonchev–Trinajstić information content (AvgIpc) is 2.95. The second-order valence-electron chi connectivity index (χ2n) is 9.53. The summed E-state index contributed by atoms with van der Waals surface area (Å²) in [6.45, 7) is 5.85. The zero-order valence-electron chi connectivity index (χ0n) is 17.5. The maximum Gasteiger partial charge on any atom is 0.178 e. The zero-order chi connectivity index (χ0) is 21.1. The van der Waals surface area contributed by atoms with E-state index in [1.807, 2.05) is 18.7 Å². The molecule has 4 aliphatic rings. The first-order valence-electron chi connectivity index (χ1n) is 10.8. The van der Waals surface area contributed by atoms with Gasteiger partial charge in [-0.3, -0.25) is 9.18 Å². The van der Waals surface area contributed by atoms with Crippen molar-refractivity contribution in [3.8, 4) is 0 Å². The molecule has 4 aliphatic carbocycles. The van der Waals surface area contributed by atoms with Crippen LogP contribution in [0.4, 0.5) is 8.78 Å². The average molecular weight is 443 g/mol. The van der Waals surface area contributed by atoms with Crippen LogP contribution in [0.25, 0.3) is 0 Å². The van der Waals surface area contributed by atoms with Crippen molar-refractivity contribution >= 4 is 29.3 Å². The van der Waals surface area contributed by atoms with Gasteiger partial charge in [0.15, 0.2) is 11.5 Å². The van der Waals surface area contributed by atoms with Gasteiger partial charge in [-0.15, -0.1) is 23.5 Å². The minimum absolute atomic E-state index is 0.0866. The summed E-state index contributed by atoms with van der Waals surface area (Å²) in [5.74, 6) is 1.20. The molecule has 7 atom stereocenters. The van der Waals surface area contributed by atoms with Crippen LogP contribution in [0.3, 0.4) is 0 Å². The van der Waals surface area contributed by atoms with Gasteiger partial charge in [0.1, 0.15) is 0 Å². The Balaban J connectivity index is 1.76. The summed E-state index contributed by atoms with van der Waals surface area (Å²) in [5, 5.41) is 11.4. The fourth-order valence-electron chi connectivity index (χ4n) is 7.11. The first-order chi connectivity index (χ1) is 13.7. The van der Waals surface area contributed by atoms with E-state index in [9.17, 15) is 14.3 Å². The normalized spacial score (nSPS) is 48.7. The minimum atomic E-state index is -1.77. The number of aliphatic hydroxyl groups is 1. The molecule has 0 aromatic heterocycles. The lowest BCUT2D eigenvalue weighted by atomic mass is 9.46. The Labute approximate surface area is 181 Å². The zero-order valence-corrected chi connectivity index (χ0v) is 19.2. The first-order valence-corrected chi connectivity index (χ1v) is 12.8. The number of alkyl halides is 2. The molecular weight excluding hydrogens is 410 g/mol. The van der Waals surface area contributed by atoms with E-state index < -0.39 is 17.2 Å². The highest BCUT2D eigenvalue weighted by Gasteiger charge is 2.73. The highest BCUT2D eigenvalue weighted by molar-refractivity contribution is 8.18. The molecule has 0 amide bonds. The molecule has 6 heteroatoms. The molecule has 0 aliphatic heterocycles. The van der Waals surface area contributed by atoms with Crippen LogP contribution in [-0.4, -0.2) is 44.9 Å². The number of ketones is 1. The Morgan fingerprint density at radius 3 is 2.69 bits per heavy atom. The van der Waals surface area contributed by atoms with Gasteiger partial charge in [0.25, 0.3) is 0 Å². The van der Waals surface area contributed by atoms with E-state index in [2.05, 4.69) is 13.8 Å². The number of halogens is 2. The third kappa shape index (κ3) is 2.80. The van der Waals surface area contributed by atoms with Crippen LogP contribution in [0, 0.1) is 22.7 Å². The standard InChI is InChI=1S/C23H32F2O2S2/c1-4-28-22(29-12-11-24)10-8-17-18-6-5-15-13-16(26)7-9-20(15,2)23(18,25)19(27)14-21(17,22)3/h7,9,13,17-19,27H,4-6,8,10-12,14H2,1-3H3/t17?,18?,19-,20-,21-,22-,23-/m0/s1. The monoisotopic (exact) mass is 442 g/mol. The van der Waals surface area contributed by atoms with Crippen molar-refractivity contribution in [1.82, 2.24) is 0 Å². The van der Waals surface area contributed by atoms with Crippen LogP contribution in [0.1, 0.15) is 52.9 Å². The van der Waals surface area contributed by atoms with Gasteiger partial charge in [0.2, 0.25) is 0 Å². The number of carbonyl (C=O) groups excluding carboxylic acids is 1. The molecule has 4 rings (SSSR count). The minimum Gasteiger partial charge on any atom is -0.390 e. The van der Waals surface area contributed by atoms with Gasteiger partial charge in [-0.25, -0.2) is 4.39 Å². The molecule has 2 nitrogen and oxygen atoms in total. The molecule has 0 saturated heterocycles. The largest absolute Gasteiger partial charge is 0.390 e. The number of carbonyl (C=O) groups is 1. The van der Waals surface area contributed by atoms with Gasteiger partial charge in [-0.05, 0) is 68.3 Å². The predicted molar refractivity (Wildman–Crippen MR) is 118 cm³/mol. The first kappa shape index (κ1) is 21.9. The lowest BCUT2D eigenvalue weighted by molar-refractivity contribution is -0.189. The Kier molecular flexibility index (Phi) is 5.56. The van der Waals surface area contributed by atoms with E-state index in [0.29, 0.717) is 25.0 Å². The fraction of sp³-hybridized carbons (Fsp3) is 0.783. The van der Waals surface area contributed by atoms with Crippen molar-refractivity contribution in [2.45, 2.75) is 68.7 Å². The lowest BCUT2D eigenvalue weighted by Crippen LogP contribution is -2.67. The van der Waals surface area contributed by atoms with Crippen molar-refractivity contribution in [3.05, 3.63) is 23.8 Å². The van der Waals surface area contributed by atoms with E-state index in [0.717, 1.165) is 24.2 Å². The maximum atomic E-state index is 17.0. The van der Waals surface area contributed by atoms with Gasteiger partial charge in [-0.2, -0.15) is 0 Å². The summed E-state index contributed by atoms with van der Waals surface area (Å²) in [6.07, 6.45) is 7.28. The second kappa shape index (κ2) is 7.37. The van der Waals surface area contributed by atoms with Crippen LogP contribution in [0.15, 0.2) is 23.8 Å². The maximum absolute atomic E-state index is 17.0. The summed E-state index contributed by atoms with van der Waals surface area (Å²) in [4.78, 5) is 11.9. The Morgan fingerprint density at radius 2 is 2.00 bits per heavy atom. The fourth-order valence-corrected chi connectivity index (χ4v) is 10.6. The van der Waals surface area contributed by atoms with E-state index >= 15 is 4.39 Å². The number of rotatable bonds is 5. The highest BCUT2D eigenvalue weighted by Crippen LogP contribution is 2.73. The lowest BCUT2D eigenvalue weighted by Gasteiger charge is -2.63. The van der Waals surface area contributed by atoms with Crippen molar-refractivity contribution in [3.63, 3.8) is 0 Å². The molecule has 0 heterocycles. The predicted octanol–water partition coefficient (Wildman–Crippen LogP) is 5.51. The third-order valence-electron chi connectivity index (χ3n) is 8.48. The molecule has 0 bridgehead atoms. The van der Waals surface area contributed by atoms with Gasteiger partial charge in [-0.1, -0.05) is 25.5 Å². The van der Waals surface area contributed by atoms with Gasteiger partial charge >= 0.3 is 0 Å². The van der Waals surface area contributed by atoms with Crippen molar-refractivity contribution in [2.24, 2.45) is 22.7 Å². The second-order valence-corrected chi connectivity index (χ2v) is 12.7. The van der Waals surface area contributed by atoms with Crippen LogP contribution in [-0.2, 0) is 4.79 Å². The summed E-state index contributed by atoms with van der Waals surface area (Å²) >= 11 is 3.55. The Bertz CT molecular complexity index is 755. The third-order valence-corrected chi connectivity index (χ3v) is 12.1. The topological polar surface area (TPSA) is 37.3 Å². The van der Waals surface area contributed by atoms with Gasteiger partial charge < -0.3 is 5.11 Å². The molecule has 1 N–H and O–H groups in total. The van der Waals surface area contributed by atoms with E-state index in [1.54, 1.807) is 23.9 Å². The summed E-state index contributed by atoms with van der Waals surface area (Å²) in [7, 11) is 0. The van der Waals surface area contributed by atoms with Crippen LogP contribution in [0.5, 0.6) is 0 Å². The molecule has 2 unspecified atom stereocenters. The molecule has 0 aromatic carbocycles. The van der Waals surface area contributed by atoms with Gasteiger partial charge in [0.05, 0.1) is 16.9 Å². The van der Waals surface area contributed by atoms with Gasteiger partial charge in [0, 0.05) is 17.1 Å². The molecular formula is C23H32F2O2S2. The molecule has 162 valence electrons. The van der Waals surface area contributed by atoms with Crippen LogP contribution in [0.2, 0.25) is 0 Å². The summed E-state index contributed by atoms with van der Waals surface area (Å²) < 4.78 is 30.0. The molecule has 0 aromatic rings. The van der Waals surface area contributed by atoms with Crippen LogP contribution < -0.4 is 0 Å². The molecule has 3 saturated carbocycles. The number of allylic oxidation sites excluding steroid dienone is 4. The van der Waals surface area contributed by atoms with Crippen molar-refractivity contribution in [2.75, 3.05) is 18.2 Å². The molecule has 29 heavy (non-hydrogen) atoms. The molecule has 3 fully saturated rings. The smallest absolute Gasteiger partial charge is 0.178 e. The summed E-state index contributed by atoms with van der Waals surface area (Å²) in [6, 6.07) is 0. The Hall–Kier alpha value is -0.330. The number of fused-ring (bicyclic) bond motifs is 5. The van der Waals surface area contributed by atoms with E-state index in [-0.39, 0.29) is 33.8 Å². The quantitative estimate of drug-likeness (QED) is 0.570. The van der Waals surface area contributed by atoms with Crippen LogP contribution >= 0.6 is 23.5 Å². The van der Waals surface area contributed by atoms with Crippen molar-refractivity contribution in [1.29, 1.82) is 0 Å². The number of thioether (sulfide) groups is 2. The number of hydrogen-bond donors (Lipinski definition) is 1. The van der Waals surface area contributed by atoms with E-state index in [1.165, 1.54) is 6.08 Å². The molecule has 0 spiro atoms. The number of aliphatic hydroxyl groups excluding tert-OH is 1. The van der Waals surface area contributed by atoms with E-state index in [4.69, 9.17) is 0 Å². The number of hydrogen-bond acceptors (Lipinski definition) is 4. The molecule has 0 radical (unpaired) electrons. The van der Waals surface area contributed by atoms with Crippen molar-refractivity contribution < 1.29 is 18.7 Å². The summed E-state index contributed by atoms with van der Waals surface area (Å²) in [5.41, 5.74) is -2.11.